The maximum absolute atomic E-state index is 13.3. The van der Waals surface area contributed by atoms with Crippen LogP contribution in [0.4, 0.5) is 9.18 Å². The van der Waals surface area contributed by atoms with Gasteiger partial charge in [0.2, 0.25) is 0 Å². The molecule has 0 spiro atoms. The van der Waals surface area contributed by atoms with E-state index in [0.29, 0.717) is 11.1 Å². The molecule has 2 unspecified atom stereocenters. The normalized spacial score (nSPS) is 21.7. The van der Waals surface area contributed by atoms with E-state index in [4.69, 9.17) is 0 Å². The summed E-state index contributed by atoms with van der Waals surface area (Å²) in [5.41, 5.74) is 1.53. The molecule has 138 valence electrons. The number of carbonyl (C=O) groups excluding carboxylic acids is 2. The predicted octanol–water partition coefficient (Wildman–Crippen LogP) is 2.82. The van der Waals surface area contributed by atoms with Gasteiger partial charge in [0.15, 0.2) is 0 Å². The molecule has 2 aromatic carbocycles. The smallest absolute Gasteiger partial charge is 0.407 e. The Kier molecular flexibility index (Phi) is 4.14. The van der Waals surface area contributed by atoms with Gasteiger partial charge >= 0.3 is 6.09 Å². The van der Waals surface area contributed by atoms with Crippen molar-refractivity contribution in [1.82, 2.24) is 9.80 Å². The summed E-state index contributed by atoms with van der Waals surface area (Å²) in [4.78, 5) is 39.2. The lowest BCUT2D eigenvalue weighted by molar-refractivity contribution is 0.0627. The lowest BCUT2D eigenvalue weighted by Gasteiger charge is -2.23. The molecule has 1 fully saturated rings. The fourth-order valence-electron chi connectivity index (χ4n) is 3.94. The summed E-state index contributed by atoms with van der Waals surface area (Å²) in [6, 6.07) is 12.6. The summed E-state index contributed by atoms with van der Waals surface area (Å²) in [6.07, 6.45) is -1.05. The number of hydrogen-bond donors (Lipinski definition) is 1. The Morgan fingerprint density at radius 3 is 2.15 bits per heavy atom. The molecule has 2 aliphatic rings. The molecule has 0 bridgehead atoms. The second kappa shape index (κ2) is 6.50. The molecule has 2 aliphatic heterocycles. The van der Waals surface area contributed by atoms with Gasteiger partial charge in [-0.2, -0.15) is 0 Å². The molecule has 27 heavy (non-hydrogen) atoms. The highest BCUT2D eigenvalue weighted by atomic mass is 19.1. The Bertz CT molecular complexity index is 893. The lowest BCUT2D eigenvalue weighted by Crippen LogP contribution is -2.37. The molecule has 3 amide bonds. The zero-order valence-corrected chi connectivity index (χ0v) is 14.3. The largest absolute Gasteiger partial charge is 0.465 e. The first-order chi connectivity index (χ1) is 13.0. The van der Waals surface area contributed by atoms with Crippen LogP contribution in [0.2, 0.25) is 0 Å². The number of imide groups is 1. The number of carbonyl (C=O) groups is 3. The minimum atomic E-state index is -1.05. The van der Waals surface area contributed by atoms with E-state index in [-0.39, 0.29) is 49.1 Å². The molecule has 1 saturated heterocycles. The number of carboxylic acid groups (broad SMARTS) is 1. The van der Waals surface area contributed by atoms with Crippen LogP contribution in [0.3, 0.4) is 0 Å². The number of fused-ring (bicyclic) bond motifs is 1. The summed E-state index contributed by atoms with van der Waals surface area (Å²) in [5, 5.41) is 9.37. The Hall–Kier alpha value is -3.22. The predicted molar refractivity (Wildman–Crippen MR) is 94.0 cm³/mol. The standard InChI is InChI=1S/C20H17FN2O4/c21-14-7-5-12(6-8-14)17-11-22(20(26)27)9-13(17)10-23-18(24)15-3-1-2-4-16(15)19(23)25/h1-8,13,17H,9-11H2,(H,26,27). The van der Waals surface area contributed by atoms with Gasteiger partial charge in [-0.1, -0.05) is 24.3 Å². The molecule has 0 saturated carbocycles. The first-order valence-corrected chi connectivity index (χ1v) is 8.64. The van der Waals surface area contributed by atoms with E-state index >= 15 is 0 Å². The molecule has 6 nitrogen and oxygen atoms in total. The van der Waals surface area contributed by atoms with Crippen molar-refractivity contribution in [1.29, 1.82) is 0 Å². The van der Waals surface area contributed by atoms with Crippen LogP contribution in [0.25, 0.3) is 0 Å². The van der Waals surface area contributed by atoms with E-state index in [2.05, 4.69) is 0 Å². The lowest BCUT2D eigenvalue weighted by atomic mass is 9.88. The van der Waals surface area contributed by atoms with Crippen LogP contribution < -0.4 is 0 Å². The summed E-state index contributed by atoms with van der Waals surface area (Å²) >= 11 is 0. The van der Waals surface area contributed by atoms with E-state index in [1.165, 1.54) is 21.9 Å². The fourth-order valence-corrected chi connectivity index (χ4v) is 3.94. The van der Waals surface area contributed by atoms with E-state index in [1.54, 1.807) is 36.4 Å². The number of amides is 3. The molecular formula is C20H17FN2O4. The van der Waals surface area contributed by atoms with Crippen molar-refractivity contribution in [2.45, 2.75) is 5.92 Å². The van der Waals surface area contributed by atoms with Crippen molar-refractivity contribution in [3.05, 3.63) is 71.0 Å². The number of hydrogen-bond acceptors (Lipinski definition) is 3. The average molecular weight is 368 g/mol. The molecule has 1 N–H and O–H groups in total. The third-order valence-corrected chi connectivity index (χ3v) is 5.30. The topological polar surface area (TPSA) is 77.9 Å². The highest BCUT2D eigenvalue weighted by Crippen LogP contribution is 2.35. The van der Waals surface area contributed by atoms with Crippen molar-refractivity contribution in [3.8, 4) is 0 Å². The summed E-state index contributed by atoms with van der Waals surface area (Å²) in [7, 11) is 0. The molecule has 2 heterocycles. The maximum Gasteiger partial charge on any atom is 0.407 e. The third-order valence-electron chi connectivity index (χ3n) is 5.30. The maximum atomic E-state index is 13.3. The van der Waals surface area contributed by atoms with Crippen LogP contribution in [0.5, 0.6) is 0 Å². The molecule has 4 rings (SSSR count). The zero-order chi connectivity index (χ0) is 19.1. The Morgan fingerprint density at radius 2 is 1.59 bits per heavy atom. The van der Waals surface area contributed by atoms with Crippen LogP contribution in [0, 0.1) is 11.7 Å². The van der Waals surface area contributed by atoms with Crippen molar-refractivity contribution in [2.75, 3.05) is 19.6 Å². The van der Waals surface area contributed by atoms with Crippen LogP contribution >= 0.6 is 0 Å². The molecular weight excluding hydrogens is 351 g/mol. The van der Waals surface area contributed by atoms with E-state index in [0.717, 1.165) is 5.56 Å². The van der Waals surface area contributed by atoms with Crippen LogP contribution in [0.15, 0.2) is 48.5 Å². The van der Waals surface area contributed by atoms with Crippen molar-refractivity contribution in [2.24, 2.45) is 5.92 Å². The minimum Gasteiger partial charge on any atom is -0.465 e. The number of likely N-dealkylation sites (tertiary alicyclic amines) is 1. The summed E-state index contributed by atoms with van der Waals surface area (Å²) < 4.78 is 13.3. The van der Waals surface area contributed by atoms with Gasteiger partial charge in [0, 0.05) is 31.5 Å². The third kappa shape index (κ3) is 2.95. The Labute approximate surface area is 154 Å². The molecule has 2 aromatic rings. The fraction of sp³-hybridized carbons (Fsp3) is 0.250. The average Bonchev–Trinajstić information content (AvgIpc) is 3.19. The first-order valence-electron chi connectivity index (χ1n) is 8.64. The second-order valence-electron chi connectivity index (χ2n) is 6.87. The molecule has 0 aromatic heterocycles. The number of rotatable bonds is 3. The van der Waals surface area contributed by atoms with Gasteiger partial charge in [-0.15, -0.1) is 0 Å². The second-order valence-corrected chi connectivity index (χ2v) is 6.87. The van der Waals surface area contributed by atoms with Gasteiger partial charge in [0.05, 0.1) is 11.1 Å². The first kappa shape index (κ1) is 17.2. The summed E-state index contributed by atoms with van der Waals surface area (Å²) in [5.74, 6) is -1.56. The number of halogens is 1. The molecule has 7 heteroatoms. The SMILES string of the molecule is O=C(O)N1CC(CN2C(=O)c3ccccc3C2=O)C(c2ccc(F)cc2)C1. The van der Waals surface area contributed by atoms with E-state index in [1.807, 2.05) is 0 Å². The van der Waals surface area contributed by atoms with E-state index < -0.39 is 6.09 Å². The van der Waals surface area contributed by atoms with Gasteiger partial charge in [-0.05, 0) is 29.8 Å². The quantitative estimate of drug-likeness (QED) is 0.845. The molecule has 0 aliphatic carbocycles. The van der Waals surface area contributed by atoms with Crippen molar-refractivity contribution < 1.29 is 23.9 Å². The molecule has 0 radical (unpaired) electrons. The van der Waals surface area contributed by atoms with Crippen LogP contribution in [-0.2, 0) is 0 Å². The highest BCUT2D eigenvalue weighted by Gasteiger charge is 2.42. The van der Waals surface area contributed by atoms with Crippen molar-refractivity contribution in [3.63, 3.8) is 0 Å². The van der Waals surface area contributed by atoms with Crippen LogP contribution in [0.1, 0.15) is 32.2 Å². The van der Waals surface area contributed by atoms with Gasteiger partial charge in [-0.3, -0.25) is 14.5 Å². The van der Waals surface area contributed by atoms with Gasteiger partial charge in [-0.25, -0.2) is 9.18 Å². The van der Waals surface area contributed by atoms with Gasteiger partial charge < -0.3 is 10.0 Å². The van der Waals surface area contributed by atoms with Crippen molar-refractivity contribution >= 4 is 17.9 Å². The Morgan fingerprint density at radius 1 is 1.00 bits per heavy atom. The minimum absolute atomic E-state index is 0.123. The summed E-state index contributed by atoms with van der Waals surface area (Å²) in [6.45, 7) is 0.581. The van der Waals surface area contributed by atoms with Crippen LogP contribution in [-0.4, -0.2) is 52.4 Å². The highest BCUT2D eigenvalue weighted by molar-refractivity contribution is 6.21. The Balaban J connectivity index is 1.61. The van der Waals surface area contributed by atoms with Gasteiger partial charge in [0.1, 0.15) is 5.82 Å². The molecule has 2 atom stereocenters. The zero-order valence-electron chi connectivity index (χ0n) is 14.3. The van der Waals surface area contributed by atoms with E-state index in [9.17, 15) is 23.9 Å². The van der Waals surface area contributed by atoms with Gasteiger partial charge in [0.25, 0.3) is 11.8 Å². The number of nitrogens with zero attached hydrogens (tertiary/aromatic N) is 2. The monoisotopic (exact) mass is 368 g/mol. The number of benzene rings is 2.